The number of halogens is 2. The monoisotopic (exact) mass is 273 g/mol. The number of nitriles is 1. The summed E-state index contributed by atoms with van der Waals surface area (Å²) in [7, 11) is 0. The third kappa shape index (κ3) is 2.40. The summed E-state index contributed by atoms with van der Waals surface area (Å²) in [6, 6.07) is 4.34. The summed E-state index contributed by atoms with van der Waals surface area (Å²) in [4.78, 5) is 0. The van der Waals surface area contributed by atoms with Gasteiger partial charge in [-0.2, -0.15) is 5.26 Å². The Kier molecular flexibility index (Phi) is 3.38. The maximum atomic E-state index is 13.0. The van der Waals surface area contributed by atoms with E-state index in [0.29, 0.717) is 5.69 Å². The second kappa shape index (κ2) is 4.35. The highest BCUT2D eigenvalue weighted by atomic mass is 79.9. The number of benzene rings is 1. The highest BCUT2D eigenvalue weighted by Gasteiger charge is 2.07. The number of nitrogens with zero attached hydrogens (tertiary/aromatic N) is 1. The van der Waals surface area contributed by atoms with Crippen LogP contribution < -0.4 is 11.1 Å². The van der Waals surface area contributed by atoms with Gasteiger partial charge in [0.05, 0.1) is 15.7 Å². The first kappa shape index (κ1) is 10.9. The summed E-state index contributed by atoms with van der Waals surface area (Å²) in [5.74, 6) is -0.505. The van der Waals surface area contributed by atoms with Crippen LogP contribution in [0.4, 0.5) is 10.1 Å². The third-order valence-electron chi connectivity index (χ3n) is 1.44. The first-order valence-electron chi connectivity index (χ1n) is 3.50. The molecular formula is C8H5BrFN3S. The van der Waals surface area contributed by atoms with E-state index < -0.39 is 5.82 Å². The van der Waals surface area contributed by atoms with Crippen LogP contribution in [0, 0.1) is 17.1 Å². The van der Waals surface area contributed by atoms with Crippen LogP contribution in [-0.2, 0) is 0 Å². The number of nitrogens with one attached hydrogen (secondary N) is 1. The van der Waals surface area contributed by atoms with Gasteiger partial charge in [-0.25, -0.2) is 4.39 Å². The van der Waals surface area contributed by atoms with E-state index in [9.17, 15) is 4.39 Å². The Balaban J connectivity index is 3.22. The smallest absolute Gasteiger partial charge is 0.168 e. The Morgan fingerprint density at radius 3 is 2.79 bits per heavy atom. The van der Waals surface area contributed by atoms with Crippen molar-refractivity contribution < 1.29 is 4.39 Å². The topological polar surface area (TPSA) is 61.8 Å². The van der Waals surface area contributed by atoms with Crippen molar-refractivity contribution in [2.45, 2.75) is 0 Å². The number of nitrogens with two attached hydrogens (primary N) is 1. The fourth-order valence-electron chi connectivity index (χ4n) is 0.875. The average Bonchev–Trinajstić information content (AvgIpc) is 2.10. The summed E-state index contributed by atoms with van der Waals surface area (Å²) < 4.78 is 13.2. The van der Waals surface area contributed by atoms with Crippen LogP contribution in [0.25, 0.3) is 0 Å². The first-order chi connectivity index (χ1) is 6.54. The molecule has 0 aliphatic rings. The first-order valence-corrected chi connectivity index (χ1v) is 4.70. The Morgan fingerprint density at radius 2 is 2.29 bits per heavy atom. The molecule has 0 atom stereocenters. The quantitative estimate of drug-likeness (QED) is 0.770. The zero-order valence-corrected chi connectivity index (χ0v) is 9.25. The molecule has 0 heterocycles. The summed E-state index contributed by atoms with van der Waals surface area (Å²) in [5.41, 5.74) is 5.77. The van der Waals surface area contributed by atoms with Gasteiger partial charge in [-0.1, -0.05) is 0 Å². The third-order valence-corrected chi connectivity index (χ3v) is 2.15. The maximum absolute atomic E-state index is 13.0. The van der Waals surface area contributed by atoms with Crippen LogP contribution >= 0.6 is 28.1 Å². The molecular weight excluding hydrogens is 269 g/mol. The van der Waals surface area contributed by atoms with Crippen LogP contribution in [0.2, 0.25) is 0 Å². The van der Waals surface area contributed by atoms with Crippen molar-refractivity contribution in [3.63, 3.8) is 0 Å². The molecule has 1 aromatic rings. The SMILES string of the molecule is N#Cc1cc(F)c(Br)cc1NC(N)=S. The molecule has 0 aliphatic carbocycles. The fraction of sp³-hybridized carbons (Fsp3) is 0. The molecule has 0 aliphatic heterocycles. The predicted molar refractivity (Wildman–Crippen MR) is 59.2 cm³/mol. The van der Waals surface area contributed by atoms with E-state index >= 15 is 0 Å². The average molecular weight is 274 g/mol. The predicted octanol–water partition coefficient (Wildman–Crippen LogP) is 2.12. The van der Waals surface area contributed by atoms with E-state index in [-0.39, 0.29) is 15.1 Å². The van der Waals surface area contributed by atoms with Crippen LogP contribution in [0.1, 0.15) is 5.56 Å². The lowest BCUT2D eigenvalue weighted by Gasteiger charge is -2.06. The molecule has 1 aromatic carbocycles. The van der Waals surface area contributed by atoms with Crippen LogP contribution in [0.15, 0.2) is 16.6 Å². The van der Waals surface area contributed by atoms with E-state index in [4.69, 9.17) is 11.0 Å². The van der Waals surface area contributed by atoms with Crippen molar-refractivity contribution in [1.82, 2.24) is 0 Å². The zero-order chi connectivity index (χ0) is 10.7. The molecule has 0 radical (unpaired) electrons. The minimum atomic E-state index is -0.505. The second-order valence-electron chi connectivity index (χ2n) is 2.41. The van der Waals surface area contributed by atoms with Gasteiger partial charge in [-0.3, -0.25) is 0 Å². The molecule has 0 unspecified atom stereocenters. The molecule has 72 valence electrons. The van der Waals surface area contributed by atoms with Gasteiger partial charge in [0, 0.05) is 0 Å². The van der Waals surface area contributed by atoms with Crippen molar-refractivity contribution in [1.29, 1.82) is 5.26 Å². The van der Waals surface area contributed by atoms with Crippen LogP contribution in [-0.4, -0.2) is 5.11 Å². The van der Waals surface area contributed by atoms with Crippen molar-refractivity contribution in [3.8, 4) is 6.07 Å². The minimum Gasteiger partial charge on any atom is -0.376 e. The van der Waals surface area contributed by atoms with Crippen molar-refractivity contribution in [2.24, 2.45) is 5.73 Å². The van der Waals surface area contributed by atoms with Gasteiger partial charge in [0.15, 0.2) is 5.11 Å². The molecule has 6 heteroatoms. The van der Waals surface area contributed by atoms with E-state index in [2.05, 4.69) is 33.5 Å². The number of anilines is 1. The molecule has 0 fully saturated rings. The lowest BCUT2D eigenvalue weighted by Crippen LogP contribution is -2.19. The minimum absolute atomic E-state index is 0.0278. The van der Waals surface area contributed by atoms with Gasteiger partial charge in [0.2, 0.25) is 0 Å². The Labute approximate surface area is 93.8 Å². The second-order valence-corrected chi connectivity index (χ2v) is 3.71. The molecule has 0 saturated heterocycles. The highest BCUT2D eigenvalue weighted by molar-refractivity contribution is 9.10. The molecule has 0 spiro atoms. The standard InChI is InChI=1S/C8H5BrFN3S/c9-5-2-7(13-8(12)14)4(3-11)1-6(5)10/h1-2H,(H3,12,13,14). The molecule has 0 aromatic heterocycles. The van der Waals surface area contributed by atoms with Crippen molar-refractivity contribution in [3.05, 3.63) is 28.0 Å². The van der Waals surface area contributed by atoms with E-state index in [1.54, 1.807) is 0 Å². The Bertz CT molecular complexity index is 427. The van der Waals surface area contributed by atoms with Gasteiger partial charge in [-0.15, -0.1) is 0 Å². The molecule has 3 nitrogen and oxygen atoms in total. The van der Waals surface area contributed by atoms with E-state index in [0.717, 1.165) is 6.07 Å². The summed E-state index contributed by atoms with van der Waals surface area (Å²) in [6.45, 7) is 0. The Morgan fingerprint density at radius 1 is 1.64 bits per heavy atom. The van der Waals surface area contributed by atoms with Gasteiger partial charge in [0.25, 0.3) is 0 Å². The number of hydrogen-bond donors (Lipinski definition) is 2. The zero-order valence-electron chi connectivity index (χ0n) is 6.84. The summed E-state index contributed by atoms with van der Waals surface area (Å²) in [6.07, 6.45) is 0. The largest absolute Gasteiger partial charge is 0.376 e. The molecule has 14 heavy (non-hydrogen) atoms. The number of hydrogen-bond acceptors (Lipinski definition) is 2. The lowest BCUT2D eigenvalue weighted by atomic mass is 10.2. The molecule has 1 rings (SSSR count). The number of thiocarbonyl (C=S) groups is 1. The van der Waals surface area contributed by atoms with Gasteiger partial charge < -0.3 is 11.1 Å². The van der Waals surface area contributed by atoms with Crippen LogP contribution in [0.3, 0.4) is 0 Å². The normalized spacial score (nSPS) is 9.21. The fourth-order valence-corrected chi connectivity index (χ4v) is 1.33. The van der Waals surface area contributed by atoms with E-state index in [1.165, 1.54) is 6.07 Å². The van der Waals surface area contributed by atoms with Crippen molar-refractivity contribution >= 4 is 38.9 Å². The summed E-state index contributed by atoms with van der Waals surface area (Å²) >= 11 is 7.60. The molecule has 0 amide bonds. The Hall–Kier alpha value is -1.19. The van der Waals surface area contributed by atoms with Crippen LogP contribution in [0.5, 0.6) is 0 Å². The lowest BCUT2D eigenvalue weighted by molar-refractivity contribution is 0.621. The molecule has 0 saturated carbocycles. The molecule has 0 bridgehead atoms. The highest BCUT2D eigenvalue weighted by Crippen LogP contribution is 2.24. The summed E-state index contributed by atoms with van der Waals surface area (Å²) in [5, 5.41) is 11.3. The number of rotatable bonds is 1. The van der Waals surface area contributed by atoms with Gasteiger partial charge in [0.1, 0.15) is 11.9 Å². The van der Waals surface area contributed by atoms with Gasteiger partial charge >= 0.3 is 0 Å². The maximum Gasteiger partial charge on any atom is 0.168 e. The van der Waals surface area contributed by atoms with Crippen molar-refractivity contribution in [2.75, 3.05) is 5.32 Å². The van der Waals surface area contributed by atoms with Gasteiger partial charge in [-0.05, 0) is 40.3 Å². The molecule has 3 N–H and O–H groups in total. The van der Waals surface area contributed by atoms with E-state index in [1.807, 2.05) is 6.07 Å².